The fourth-order valence-electron chi connectivity index (χ4n) is 2.33. The van der Waals surface area contributed by atoms with E-state index in [1.165, 1.54) is 0 Å². The Morgan fingerprint density at radius 2 is 1.95 bits per heavy atom. The summed E-state index contributed by atoms with van der Waals surface area (Å²) in [5.74, 6) is 0.605. The second-order valence-electron chi connectivity index (χ2n) is 4.71. The number of hydrogen-bond acceptors (Lipinski definition) is 2. The fourth-order valence-corrected chi connectivity index (χ4v) is 2.75. The number of rotatable bonds is 3. The van der Waals surface area contributed by atoms with E-state index in [-0.39, 0.29) is 11.8 Å². The number of para-hydroxylation sites is 1. The molecule has 102 valence electrons. The molecule has 1 aliphatic heterocycles. The van der Waals surface area contributed by atoms with Crippen LogP contribution >= 0.6 is 15.9 Å². The molecule has 1 N–H and O–H groups in total. The molecule has 0 aromatic heterocycles. The first-order valence-corrected chi connectivity index (χ1v) is 7.28. The van der Waals surface area contributed by atoms with Gasteiger partial charge in [-0.05, 0) is 17.7 Å². The molecule has 4 heteroatoms. The molecule has 3 rings (SSSR count). The second kappa shape index (κ2) is 5.67. The number of hydrogen-bond donors (Lipinski definition) is 1. The number of benzene rings is 2. The van der Waals surface area contributed by atoms with Crippen LogP contribution in [0.2, 0.25) is 0 Å². The van der Waals surface area contributed by atoms with Gasteiger partial charge in [0.15, 0.2) is 0 Å². The summed E-state index contributed by atoms with van der Waals surface area (Å²) in [4.78, 5) is 12.3. The highest BCUT2D eigenvalue weighted by Gasteiger charge is 2.29. The first-order valence-electron chi connectivity index (χ1n) is 6.48. The fraction of sp³-hybridized carbons (Fsp3) is 0.188. The SMILES string of the molecule is O=C(NCc1ccccc1Br)C1COc2ccccc21. The van der Waals surface area contributed by atoms with Crippen LogP contribution in [0.15, 0.2) is 53.0 Å². The van der Waals surface area contributed by atoms with Crippen molar-refractivity contribution < 1.29 is 9.53 Å². The van der Waals surface area contributed by atoms with E-state index in [0.717, 1.165) is 21.3 Å². The van der Waals surface area contributed by atoms with Gasteiger partial charge in [-0.3, -0.25) is 4.79 Å². The lowest BCUT2D eigenvalue weighted by Gasteiger charge is -2.11. The Balaban J connectivity index is 1.68. The predicted octanol–water partition coefficient (Wildman–Crippen LogP) is 3.24. The molecular weight excluding hydrogens is 318 g/mol. The lowest BCUT2D eigenvalue weighted by atomic mass is 10.0. The van der Waals surface area contributed by atoms with Crippen molar-refractivity contribution in [1.82, 2.24) is 5.32 Å². The first kappa shape index (κ1) is 13.2. The van der Waals surface area contributed by atoms with Gasteiger partial charge in [-0.15, -0.1) is 0 Å². The second-order valence-corrected chi connectivity index (χ2v) is 5.56. The molecule has 1 atom stereocenters. The number of amides is 1. The minimum atomic E-state index is -0.214. The summed E-state index contributed by atoms with van der Waals surface area (Å²) in [6.07, 6.45) is 0. The molecule has 0 radical (unpaired) electrons. The number of ether oxygens (including phenoxy) is 1. The smallest absolute Gasteiger partial charge is 0.231 e. The number of halogens is 1. The number of carbonyl (C=O) groups is 1. The Morgan fingerprint density at radius 3 is 2.80 bits per heavy atom. The molecule has 0 fully saturated rings. The number of nitrogens with one attached hydrogen (secondary N) is 1. The van der Waals surface area contributed by atoms with Gasteiger partial charge < -0.3 is 10.1 Å². The normalized spacial score (nSPS) is 16.4. The van der Waals surface area contributed by atoms with E-state index >= 15 is 0 Å². The third kappa shape index (κ3) is 2.56. The van der Waals surface area contributed by atoms with E-state index in [1.54, 1.807) is 0 Å². The van der Waals surface area contributed by atoms with Crippen LogP contribution in [0.25, 0.3) is 0 Å². The Bertz CT molecular complexity index is 642. The summed E-state index contributed by atoms with van der Waals surface area (Å²) in [7, 11) is 0. The van der Waals surface area contributed by atoms with Gasteiger partial charge in [0.05, 0.1) is 0 Å². The van der Waals surface area contributed by atoms with Crippen LogP contribution in [0.1, 0.15) is 17.0 Å². The summed E-state index contributed by atoms with van der Waals surface area (Å²) in [5, 5.41) is 2.97. The predicted molar refractivity (Wildman–Crippen MR) is 80.7 cm³/mol. The lowest BCUT2D eigenvalue weighted by molar-refractivity contribution is -0.122. The molecular formula is C16H14BrNO2. The monoisotopic (exact) mass is 331 g/mol. The summed E-state index contributed by atoms with van der Waals surface area (Å²) in [5.41, 5.74) is 2.03. The average molecular weight is 332 g/mol. The molecule has 1 aliphatic rings. The molecule has 1 unspecified atom stereocenters. The molecule has 3 nitrogen and oxygen atoms in total. The van der Waals surface area contributed by atoms with Gasteiger partial charge in [0.1, 0.15) is 18.3 Å². The van der Waals surface area contributed by atoms with E-state index in [0.29, 0.717) is 13.2 Å². The van der Waals surface area contributed by atoms with E-state index in [9.17, 15) is 4.79 Å². The van der Waals surface area contributed by atoms with Crippen molar-refractivity contribution in [1.29, 1.82) is 0 Å². The minimum Gasteiger partial charge on any atom is -0.492 e. The van der Waals surface area contributed by atoms with Crippen molar-refractivity contribution in [2.75, 3.05) is 6.61 Å². The Morgan fingerprint density at radius 1 is 1.20 bits per heavy atom. The van der Waals surface area contributed by atoms with E-state index < -0.39 is 0 Å². The molecule has 0 bridgehead atoms. The molecule has 2 aromatic rings. The molecule has 0 saturated carbocycles. The van der Waals surface area contributed by atoms with Crippen LogP contribution in [0, 0.1) is 0 Å². The standard InChI is InChI=1S/C16H14BrNO2/c17-14-7-3-1-5-11(14)9-18-16(19)13-10-20-15-8-4-2-6-12(13)15/h1-8,13H,9-10H2,(H,18,19). The zero-order valence-corrected chi connectivity index (χ0v) is 12.4. The van der Waals surface area contributed by atoms with Crippen molar-refractivity contribution in [3.05, 3.63) is 64.1 Å². The van der Waals surface area contributed by atoms with Crippen LogP contribution in [0.5, 0.6) is 5.75 Å². The summed E-state index contributed by atoms with van der Waals surface area (Å²) >= 11 is 3.48. The molecule has 20 heavy (non-hydrogen) atoms. The molecule has 0 spiro atoms. The van der Waals surface area contributed by atoms with E-state index in [4.69, 9.17) is 4.74 Å². The van der Waals surface area contributed by atoms with E-state index in [1.807, 2.05) is 48.5 Å². The summed E-state index contributed by atoms with van der Waals surface area (Å²) < 4.78 is 6.54. The zero-order chi connectivity index (χ0) is 13.9. The molecule has 2 aromatic carbocycles. The quantitative estimate of drug-likeness (QED) is 0.937. The Hall–Kier alpha value is -1.81. The van der Waals surface area contributed by atoms with Crippen molar-refractivity contribution in [2.24, 2.45) is 0 Å². The number of carbonyl (C=O) groups excluding carboxylic acids is 1. The van der Waals surface area contributed by atoms with Crippen molar-refractivity contribution >= 4 is 21.8 Å². The molecule has 0 saturated heterocycles. The van der Waals surface area contributed by atoms with Gasteiger partial charge >= 0.3 is 0 Å². The highest BCUT2D eigenvalue weighted by Crippen LogP contribution is 2.33. The van der Waals surface area contributed by atoms with Gasteiger partial charge in [-0.2, -0.15) is 0 Å². The van der Waals surface area contributed by atoms with Crippen LogP contribution in [0.3, 0.4) is 0 Å². The highest BCUT2D eigenvalue weighted by atomic mass is 79.9. The maximum atomic E-state index is 12.3. The van der Waals surface area contributed by atoms with Crippen LogP contribution in [-0.2, 0) is 11.3 Å². The minimum absolute atomic E-state index is 0.00528. The molecule has 0 aliphatic carbocycles. The molecule has 1 amide bonds. The summed E-state index contributed by atoms with van der Waals surface area (Å²) in [6.45, 7) is 0.931. The van der Waals surface area contributed by atoms with Gasteiger partial charge in [0, 0.05) is 16.6 Å². The van der Waals surface area contributed by atoms with Gasteiger partial charge in [0.2, 0.25) is 5.91 Å². The van der Waals surface area contributed by atoms with Crippen molar-refractivity contribution in [2.45, 2.75) is 12.5 Å². The molecule has 1 heterocycles. The van der Waals surface area contributed by atoms with Gasteiger partial charge in [0.25, 0.3) is 0 Å². The average Bonchev–Trinajstić information content (AvgIpc) is 2.90. The van der Waals surface area contributed by atoms with Crippen molar-refractivity contribution in [3.63, 3.8) is 0 Å². The lowest BCUT2D eigenvalue weighted by Crippen LogP contribution is -2.29. The zero-order valence-electron chi connectivity index (χ0n) is 10.8. The Kier molecular flexibility index (Phi) is 3.74. The van der Waals surface area contributed by atoms with Crippen LogP contribution in [0.4, 0.5) is 0 Å². The highest BCUT2D eigenvalue weighted by molar-refractivity contribution is 9.10. The third-order valence-corrected chi connectivity index (χ3v) is 4.20. The maximum Gasteiger partial charge on any atom is 0.231 e. The largest absolute Gasteiger partial charge is 0.492 e. The summed E-state index contributed by atoms with van der Waals surface area (Å²) in [6, 6.07) is 15.6. The van der Waals surface area contributed by atoms with Crippen LogP contribution in [-0.4, -0.2) is 12.5 Å². The number of fused-ring (bicyclic) bond motifs is 1. The third-order valence-electron chi connectivity index (χ3n) is 3.43. The topological polar surface area (TPSA) is 38.3 Å². The van der Waals surface area contributed by atoms with Crippen LogP contribution < -0.4 is 10.1 Å². The maximum absolute atomic E-state index is 12.3. The van der Waals surface area contributed by atoms with E-state index in [2.05, 4.69) is 21.2 Å². The Labute approximate surface area is 126 Å². The van der Waals surface area contributed by atoms with Crippen molar-refractivity contribution in [3.8, 4) is 5.75 Å². The van der Waals surface area contributed by atoms with Gasteiger partial charge in [-0.25, -0.2) is 0 Å². The first-order chi connectivity index (χ1) is 9.75. The van der Waals surface area contributed by atoms with Gasteiger partial charge in [-0.1, -0.05) is 52.3 Å².